The van der Waals surface area contributed by atoms with Crippen LogP contribution in [0.3, 0.4) is 0 Å². The van der Waals surface area contributed by atoms with Crippen molar-refractivity contribution in [2.24, 2.45) is 0 Å². The third-order valence-electron chi connectivity index (χ3n) is 3.40. The van der Waals surface area contributed by atoms with E-state index in [1.165, 1.54) is 51.0 Å². The number of hydrogen-bond donors (Lipinski definition) is 1. The maximum absolute atomic E-state index is 13.3. The van der Waals surface area contributed by atoms with Crippen molar-refractivity contribution in [3.8, 4) is 0 Å². The van der Waals surface area contributed by atoms with Crippen LogP contribution in [0.15, 0.2) is 18.2 Å². The minimum atomic E-state index is -0.345. The summed E-state index contributed by atoms with van der Waals surface area (Å²) in [7, 11) is 0. The summed E-state index contributed by atoms with van der Waals surface area (Å²) in [6.07, 6.45) is 8.93. The number of halogens is 2. The Labute approximate surface area is 107 Å². The zero-order chi connectivity index (χ0) is 12.1. The van der Waals surface area contributed by atoms with Gasteiger partial charge in [-0.2, -0.15) is 0 Å². The van der Waals surface area contributed by atoms with Crippen LogP contribution in [0.25, 0.3) is 0 Å². The maximum Gasteiger partial charge on any atom is 0.143 e. The molecule has 1 N–H and O–H groups in total. The van der Waals surface area contributed by atoms with E-state index in [2.05, 4.69) is 5.32 Å². The average Bonchev–Trinajstić information content (AvgIpc) is 2.27. The molecule has 1 aliphatic rings. The molecule has 0 aromatic heterocycles. The molecule has 1 saturated carbocycles. The Morgan fingerprint density at radius 1 is 1.06 bits per heavy atom. The van der Waals surface area contributed by atoms with Crippen LogP contribution in [-0.2, 0) is 0 Å². The lowest BCUT2D eigenvalue weighted by Crippen LogP contribution is -2.20. The molecule has 0 spiro atoms. The Kier molecular flexibility index (Phi) is 4.66. The molecule has 0 unspecified atom stereocenters. The predicted molar refractivity (Wildman–Crippen MR) is 71.1 cm³/mol. The van der Waals surface area contributed by atoms with E-state index in [1.807, 2.05) is 6.07 Å². The number of anilines is 1. The average molecular weight is 256 g/mol. The van der Waals surface area contributed by atoms with Gasteiger partial charge in [0.15, 0.2) is 0 Å². The maximum atomic E-state index is 13.3. The number of hydrogen-bond acceptors (Lipinski definition) is 1. The van der Waals surface area contributed by atoms with Crippen molar-refractivity contribution in [1.29, 1.82) is 0 Å². The second kappa shape index (κ2) is 6.25. The molecule has 0 radical (unpaired) electrons. The van der Waals surface area contributed by atoms with Crippen LogP contribution < -0.4 is 5.32 Å². The van der Waals surface area contributed by atoms with E-state index in [4.69, 9.17) is 11.6 Å². The summed E-state index contributed by atoms with van der Waals surface area (Å²) in [5.74, 6) is -0.345. The molecule has 0 heterocycles. The van der Waals surface area contributed by atoms with E-state index in [-0.39, 0.29) is 10.8 Å². The van der Waals surface area contributed by atoms with Gasteiger partial charge >= 0.3 is 0 Å². The SMILES string of the molecule is Fc1cc(NC2CCCCCCC2)ccc1Cl. The summed E-state index contributed by atoms with van der Waals surface area (Å²) >= 11 is 5.67. The first kappa shape index (κ1) is 12.7. The van der Waals surface area contributed by atoms with Crippen molar-refractivity contribution in [2.45, 2.75) is 51.0 Å². The summed E-state index contributed by atoms with van der Waals surface area (Å²) in [6.45, 7) is 0. The molecule has 3 heteroatoms. The van der Waals surface area contributed by atoms with Crippen molar-refractivity contribution in [3.05, 3.63) is 29.0 Å². The van der Waals surface area contributed by atoms with Gasteiger partial charge in [-0.1, -0.05) is 43.7 Å². The number of rotatable bonds is 2. The molecule has 1 aromatic rings. The van der Waals surface area contributed by atoms with Crippen LogP contribution >= 0.6 is 11.6 Å². The fourth-order valence-electron chi connectivity index (χ4n) is 2.42. The van der Waals surface area contributed by atoms with E-state index in [9.17, 15) is 4.39 Å². The molecule has 1 fully saturated rings. The zero-order valence-corrected chi connectivity index (χ0v) is 10.8. The number of benzene rings is 1. The third-order valence-corrected chi connectivity index (χ3v) is 3.70. The van der Waals surface area contributed by atoms with E-state index in [0.29, 0.717) is 6.04 Å². The molecule has 1 aromatic carbocycles. The lowest BCUT2D eigenvalue weighted by atomic mass is 9.96. The Hall–Kier alpha value is -0.760. The van der Waals surface area contributed by atoms with Gasteiger partial charge in [-0.05, 0) is 31.0 Å². The van der Waals surface area contributed by atoms with Crippen LogP contribution in [0.1, 0.15) is 44.9 Å². The second-order valence-corrected chi connectivity index (χ2v) is 5.22. The molecule has 0 atom stereocenters. The monoisotopic (exact) mass is 255 g/mol. The van der Waals surface area contributed by atoms with Crippen molar-refractivity contribution in [1.82, 2.24) is 0 Å². The van der Waals surface area contributed by atoms with Crippen molar-refractivity contribution in [3.63, 3.8) is 0 Å². The first-order chi connectivity index (χ1) is 8.25. The highest BCUT2D eigenvalue weighted by Crippen LogP contribution is 2.23. The number of nitrogens with one attached hydrogen (secondary N) is 1. The molecule has 0 amide bonds. The smallest absolute Gasteiger partial charge is 0.143 e. The van der Waals surface area contributed by atoms with Crippen LogP contribution in [-0.4, -0.2) is 6.04 Å². The van der Waals surface area contributed by atoms with Gasteiger partial charge in [0.05, 0.1) is 5.02 Å². The largest absolute Gasteiger partial charge is 0.382 e. The lowest BCUT2D eigenvalue weighted by Gasteiger charge is -2.22. The summed E-state index contributed by atoms with van der Waals surface area (Å²) < 4.78 is 13.3. The van der Waals surface area contributed by atoms with Crippen molar-refractivity contribution >= 4 is 17.3 Å². The van der Waals surface area contributed by atoms with Gasteiger partial charge in [0.1, 0.15) is 5.82 Å². The fraction of sp³-hybridized carbons (Fsp3) is 0.571. The molecule has 1 aliphatic carbocycles. The van der Waals surface area contributed by atoms with Crippen molar-refractivity contribution < 1.29 is 4.39 Å². The highest BCUT2D eigenvalue weighted by atomic mass is 35.5. The summed E-state index contributed by atoms with van der Waals surface area (Å²) in [6, 6.07) is 5.43. The van der Waals surface area contributed by atoms with Gasteiger partial charge < -0.3 is 5.32 Å². The first-order valence-corrected chi connectivity index (χ1v) is 6.85. The molecule has 94 valence electrons. The quantitative estimate of drug-likeness (QED) is 0.784. The van der Waals surface area contributed by atoms with E-state index >= 15 is 0 Å². The molecular formula is C14H19ClFN. The van der Waals surface area contributed by atoms with Gasteiger partial charge in [-0.3, -0.25) is 0 Å². The topological polar surface area (TPSA) is 12.0 Å². The third kappa shape index (κ3) is 3.88. The van der Waals surface area contributed by atoms with E-state index in [1.54, 1.807) is 6.07 Å². The second-order valence-electron chi connectivity index (χ2n) is 4.82. The minimum Gasteiger partial charge on any atom is -0.382 e. The van der Waals surface area contributed by atoms with Crippen LogP contribution in [0.4, 0.5) is 10.1 Å². The van der Waals surface area contributed by atoms with E-state index in [0.717, 1.165) is 5.69 Å². The van der Waals surface area contributed by atoms with Gasteiger partial charge in [-0.15, -0.1) is 0 Å². The van der Waals surface area contributed by atoms with Crippen LogP contribution in [0, 0.1) is 5.82 Å². The molecular weight excluding hydrogens is 237 g/mol. The molecule has 0 saturated heterocycles. The normalized spacial score (nSPS) is 18.5. The Morgan fingerprint density at radius 3 is 2.35 bits per heavy atom. The van der Waals surface area contributed by atoms with Crippen LogP contribution in [0.5, 0.6) is 0 Å². The highest BCUT2D eigenvalue weighted by Gasteiger charge is 2.11. The standard InChI is InChI=1S/C14H19ClFN/c15-13-9-8-12(10-14(13)16)17-11-6-4-2-1-3-5-7-11/h8-11,17H,1-7H2. The highest BCUT2D eigenvalue weighted by molar-refractivity contribution is 6.30. The summed E-state index contributed by atoms with van der Waals surface area (Å²) in [5, 5.41) is 3.61. The van der Waals surface area contributed by atoms with Gasteiger partial charge in [0.25, 0.3) is 0 Å². The first-order valence-electron chi connectivity index (χ1n) is 6.47. The molecule has 17 heavy (non-hydrogen) atoms. The van der Waals surface area contributed by atoms with Crippen molar-refractivity contribution in [2.75, 3.05) is 5.32 Å². The Bertz CT molecular complexity index is 359. The predicted octanol–water partition coefficient (Wildman–Crippen LogP) is 5.00. The van der Waals surface area contributed by atoms with Gasteiger partial charge in [-0.25, -0.2) is 4.39 Å². The molecule has 1 nitrogen and oxygen atoms in total. The molecule has 2 rings (SSSR count). The Morgan fingerprint density at radius 2 is 1.71 bits per heavy atom. The molecule has 0 bridgehead atoms. The Balaban J connectivity index is 1.95. The molecule has 0 aliphatic heterocycles. The van der Waals surface area contributed by atoms with Crippen LogP contribution in [0.2, 0.25) is 5.02 Å². The van der Waals surface area contributed by atoms with E-state index < -0.39 is 0 Å². The fourth-order valence-corrected chi connectivity index (χ4v) is 2.54. The lowest BCUT2D eigenvalue weighted by molar-refractivity contribution is 0.471. The summed E-state index contributed by atoms with van der Waals surface area (Å²) in [5.41, 5.74) is 0.845. The van der Waals surface area contributed by atoms with Gasteiger partial charge in [0.2, 0.25) is 0 Å². The zero-order valence-electron chi connectivity index (χ0n) is 10.0. The van der Waals surface area contributed by atoms with Gasteiger partial charge in [0, 0.05) is 11.7 Å². The minimum absolute atomic E-state index is 0.188. The summed E-state index contributed by atoms with van der Waals surface area (Å²) in [4.78, 5) is 0.